The fourth-order valence-electron chi connectivity index (χ4n) is 3.56. The van der Waals surface area contributed by atoms with Gasteiger partial charge in [0.2, 0.25) is 0 Å². The van der Waals surface area contributed by atoms with E-state index in [9.17, 15) is 9.59 Å². The van der Waals surface area contributed by atoms with Gasteiger partial charge in [0.25, 0.3) is 11.5 Å². The summed E-state index contributed by atoms with van der Waals surface area (Å²) < 4.78 is 1.66. The standard InChI is InChI=1S/C24H14Cl2N2O2S3/c25-15-7-5-14(6-8-15)21-12-22(29)27(24(31)33-21)13-23(30)28-17-3-1-2-4-19(17)32-20-10-9-16(26)11-18(20)28/h1-12H,13H2. The Morgan fingerprint density at radius 1 is 0.879 bits per heavy atom. The number of anilines is 2. The Balaban J connectivity index is 1.53. The minimum Gasteiger partial charge on any atom is -0.281 e. The zero-order valence-corrected chi connectivity index (χ0v) is 20.8. The number of rotatable bonds is 3. The lowest BCUT2D eigenvalue weighted by atomic mass is 10.2. The van der Waals surface area contributed by atoms with E-state index >= 15 is 0 Å². The first-order valence-corrected chi connectivity index (χ1v) is 12.6. The molecule has 0 atom stereocenters. The summed E-state index contributed by atoms with van der Waals surface area (Å²) in [6.07, 6.45) is 0. The van der Waals surface area contributed by atoms with Crippen LogP contribution in [0.4, 0.5) is 11.4 Å². The van der Waals surface area contributed by atoms with Crippen LogP contribution in [-0.2, 0) is 11.3 Å². The summed E-state index contributed by atoms with van der Waals surface area (Å²) >= 11 is 20.6. The van der Waals surface area contributed by atoms with Crippen LogP contribution in [0.5, 0.6) is 0 Å². The molecule has 1 amide bonds. The number of amides is 1. The molecule has 2 heterocycles. The minimum atomic E-state index is -0.331. The van der Waals surface area contributed by atoms with Gasteiger partial charge >= 0.3 is 0 Å². The van der Waals surface area contributed by atoms with Crippen molar-refractivity contribution in [2.24, 2.45) is 0 Å². The van der Waals surface area contributed by atoms with Crippen molar-refractivity contribution in [1.82, 2.24) is 4.57 Å². The molecule has 0 fully saturated rings. The number of fused-ring (bicyclic) bond motifs is 2. The predicted octanol–water partition coefficient (Wildman–Crippen LogP) is 7.44. The average Bonchev–Trinajstić information content (AvgIpc) is 2.80. The first kappa shape index (κ1) is 22.4. The van der Waals surface area contributed by atoms with Crippen LogP contribution in [0.3, 0.4) is 0 Å². The molecule has 9 heteroatoms. The van der Waals surface area contributed by atoms with Gasteiger partial charge in [-0.3, -0.25) is 19.1 Å². The van der Waals surface area contributed by atoms with Gasteiger partial charge in [-0.25, -0.2) is 0 Å². The van der Waals surface area contributed by atoms with E-state index in [1.165, 1.54) is 22.0 Å². The zero-order valence-electron chi connectivity index (χ0n) is 16.8. The third kappa shape index (κ3) is 4.39. The van der Waals surface area contributed by atoms with Crippen molar-refractivity contribution in [3.8, 4) is 10.4 Å². The van der Waals surface area contributed by atoms with E-state index in [4.69, 9.17) is 35.4 Å². The van der Waals surface area contributed by atoms with Crippen LogP contribution in [0.15, 0.2) is 87.4 Å². The minimum absolute atomic E-state index is 0.181. The fraction of sp³-hybridized carbons (Fsp3) is 0.0417. The highest BCUT2D eigenvalue weighted by atomic mass is 35.5. The number of benzene rings is 3. The Morgan fingerprint density at radius 2 is 1.58 bits per heavy atom. The molecule has 1 aliphatic heterocycles. The lowest BCUT2D eigenvalue weighted by Crippen LogP contribution is -2.35. The molecular formula is C24H14Cl2N2O2S3. The average molecular weight is 529 g/mol. The van der Waals surface area contributed by atoms with Gasteiger partial charge in [0, 0.05) is 30.8 Å². The second kappa shape index (κ2) is 9.08. The molecule has 5 rings (SSSR count). The van der Waals surface area contributed by atoms with Crippen LogP contribution in [0.1, 0.15) is 0 Å². The maximum absolute atomic E-state index is 13.6. The number of halogens is 2. The second-order valence-corrected chi connectivity index (χ2v) is 10.9. The van der Waals surface area contributed by atoms with Crippen molar-refractivity contribution in [2.45, 2.75) is 16.3 Å². The van der Waals surface area contributed by atoms with Gasteiger partial charge in [-0.2, -0.15) is 0 Å². The molecule has 1 aromatic heterocycles. The Labute approximate surface area is 213 Å². The van der Waals surface area contributed by atoms with Gasteiger partial charge < -0.3 is 0 Å². The summed E-state index contributed by atoms with van der Waals surface area (Å²) in [6.45, 7) is -0.181. The van der Waals surface area contributed by atoms with Gasteiger partial charge in [-0.05, 0) is 60.2 Å². The summed E-state index contributed by atoms with van der Waals surface area (Å²) in [5.74, 6) is -0.272. The van der Waals surface area contributed by atoms with E-state index in [2.05, 4.69) is 0 Å². The highest BCUT2D eigenvalue weighted by Crippen LogP contribution is 2.48. The Hall–Kier alpha value is -2.42. The number of aromatic nitrogens is 1. The van der Waals surface area contributed by atoms with E-state index in [-0.39, 0.29) is 18.0 Å². The summed E-state index contributed by atoms with van der Waals surface area (Å²) in [4.78, 5) is 30.7. The third-order valence-electron chi connectivity index (χ3n) is 5.10. The molecule has 0 bridgehead atoms. The monoisotopic (exact) mass is 528 g/mol. The molecule has 0 spiro atoms. The number of nitrogens with zero attached hydrogens (tertiary/aromatic N) is 2. The number of carbonyl (C=O) groups is 1. The van der Waals surface area contributed by atoms with Crippen LogP contribution in [-0.4, -0.2) is 10.5 Å². The third-order valence-corrected chi connectivity index (χ3v) is 8.15. The molecule has 0 N–H and O–H groups in total. The van der Waals surface area contributed by atoms with Crippen LogP contribution < -0.4 is 10.5 Å². The Bertz CT molecular complexity index is 1480. The molecule has 1 aliphatic rings. The number of hydrogen-bond donors (Lipinski definition) is 0. The smallest absolute Gasteiger partial charge is 0.254 e. The van der Waals surface area contributed by atoms with Crippen molar-refractivity contribution in [1.29, 1.82) is 0 Å². The highest BCUT2D eigenvalue weighted by molar-refractivity contribution is 7.99. The van der Waals surface area contributed by atoms with Crippen LogP contribution in [0, 0.1) is 3.95 Å². The molecule has 33 heavy (non-hydrogen) atoms. The molecule has 0 saturated heterocycles. The van der Waals surface area contributed by atoms with Crippen molar-refractivity contribution >= 4 is 75.8 Å². The van der Waals surface area contributed by atoms with Crippen molar-refractivity contribution in [3.63, 3.8) is 0 Å². The van der Waals surface area contributed by atoms with E-state index in [0.29, 0.717) is 19.7 Å². The van der Waals surface area contributed by atoms with Crippen molar-refractivity contribution < 1.29 is 4.79 Å². The topological polar surface area (TPSA) is 42.3 Å². The number of carbonyl (C=O) groups excluding carboxylic acids is 1. The van der Waals surface area contributed by atoms with E-state index in [1.54, 1.807) is 40.9 Å². The van der Waals surface area contributed by atoms with Crippen molar-refractivity contribution in [3.05, 3.63) is 97.1 Å². The van der Waals surface area contributed by atoms with E-state index in [1.807, 2.05) is 42.5 Å². The Morgan fingerprint density at radius 3 is 2.33 bits per heavy atom. The Kier molecular flexibility index (Phi) is 6.16. The second-order valence-electron chi connectivity index (χ2n) is 7.22. The number of hydrogen-bond acceptors (Lipinski definition) is 5. The summed E-state index contributed by atoms with van der Waals surface area (Å²) in [7, 11) is 0. The van der Waals surface area contributed by atoms with Gasteiger partial charge in [0.15, 0.2) is 3.95 Å². The first-order chi connectivity index (χ1) is 15.9. The molecule has 0 unspecified atom stereocenters. The number of para-hydroxylation sites is 1. The van der Waals surface area contributed by atoms with Crippen LogP contribution in [0.25, 0.3) is 10.4 Å². The highest BCUT2D eigenvalue weighted by Gasteiger charge is 2.28. The van der Waals surface area contributed by atoms with E-state index in [0.717, 1.165) is 25.9 Å². The maximum Gasteiger partial charge on any atom is 0.254 e. The molecular weight excluding hydrogens is 515 g/mol. The molecule has 4 nitrogen and oxygen atoms in total. The van der Waals surface area contributed by atoms with Gasteiger partial charge in [0.1, 0.15) is 6.54 Å². The molecule has 0 saturated carbocycles. The largest absolute Gasteiger partial charge is 0.281 e. The normalized spacial score (nSPS) is 12.2. The molecule has 164 valence electrons. The quantitative estimate of drug-likeness (QED) is 0.259. The molecule has 4 aromatic rings. The van der Waals surface area contributed by atoms with Gasteiger partial charge in [-0.15, -0.1) is 11.3 Å². The molecule has 0 radical (unpaired) electrons. The summed E-state index contributed by atoms with van der Waals surface area (Å²) in [6, 6.07) is 21.8. The van der Waals surface area contributed by atoms with Crippen LogP contribution >= 0.6 is 58.5 Å². The van der Waals surface area contributed by atoms with E-state index < -0.39 is 0 Å². The molecule has 3 aromatic carbocycles. The maximum atomic E-state index is 13.6. The zero-order chi connectivity index (χ0) is 23.1. The fourth-order valence-corrected chi connectivity index (χ4v) is 6.18. The van der Waals surface area contributed by atoms with Crippen LogP contribution in [0.2, 0.25) is 10.0 Å². The first-order valence-electron chi connectivity index (χ1n) is 9.81. The SMILES string of the molecule is O=C(Cn1c(=O)cc(-c2ccc(Cl)cc2)sc1=S)N1c2ccccc2Sc2ccc(Cl)cc21. The summed E-state index contributed by atoms with van der Waals surface area (Å²) in [5.41, 5.74) is 1.96. The van der Waals surface area contributed by atoms with Gasteiger partial charge in [0.05, 0.1) is 11.4 Å². The summed E-state index contributed by atoms with van der Waals surface area (Å²) in [5, 5.41) is 1.14. The lowest BCUT2D eigenvalue weighted by Gasteiger charge is -2.31. The lowest BCUT2D eigenvalue weighted by molar-refractivity contribution is -0.118. The molecule has 0 aliphatic carbocycles. The van der Waals surface area contributed by atoms with Crippen molar-refractivity contribution in [2.75, 3.05) is 4.90 Å². The predicted molar refractivity (Wildman–Crippen MR) is 139 cm³/mol. The van der Waals surface area contributed by atoms with Gasteiger partial charge in [-0.1, -0.05) is 59.2 Å².